The number of aliphatic hydroxyl groups is 1. The molecule has 1 saturated carbocycles. The highest BCUT2D eigenvalue weighted by atomic mass is 79.9. The number of benzene rings is 1. The second-order valence-electron chi connectivity index (χ2n) is 6.29. The summed E-state index contributed by atoms with van der Waals surface area (Å²) in [5, 5.41) is 10.6. The molecule has 0 bridgehead atoms. The van der Waals surface area contributed by atoms with Crippen LogP contribution in [0.15, 0.2) is 47.2 Å². The van der Waals surface area contributed by atoms with Crippen molar-refractivity contribution in [1.82, 2.24) is 4.98 Å². The average molecular weight is 344 g/mol. The average Bonchev–Trinajstić information content (AvgIpc) is 3.22. The second kappa shape index (κ2) is 5.22. The lowest BCUT2D eigenvalue weighted by molar-refractivity contribution is 0.143. The van der Waals surface area contributed by atoms with Crippen molar-refractivity contribution in [2.45, 2.75) is 31.3 Å². The molecule has 4 unspecified atom stereocenters. The molecule has 2 aliphatic carbocycles. The first-order valence-corrected chi connectivity index (χ1v) is 8.38. The van der Waals surface area contributed by atoms with E-state index in [-0.39, 0.29) is 6.10 Å². The van der Waals surface area contributed by atoms with Crippen molar-refractivity contribution in [2.75, 3.05) is 0 Å². The lowest BCUT2D eigenvalue weighted by atomic mass is 9.92. The van der Waals surface area contributed by atoms with E-state index in [9.17, 15) is 5.11 Å². The number of hydrogen-bond donors (Lipinski definition) is 1. The molecular formula is C18H18BrNO. The van der Waals surface area contributed by atoms with Crippen LogP contribution in [0.5, 0.6) is 0 Å². The number of rotatable bonds is 3. The molecule has 2 nitrogen and oxygen atoms in total. The molecule has 1 heterocycles. The van der Waals surface area contributed by atoms with E-state index in [1.807, 2.05) is 6.20 Å². The summed E-state index contributed by atoms with van der Waals surface area (Å²) in [7, 11) is 0. The molecule has 1 fully saturated rings. The highest BCUT2D eigenvalue weighted by Crippen LogP contribution is 2.61. The Kier molecular flexibility index (Phi) is 3.35. The fraction of sp³-hybridized carbons (Fsp3) is 0.389. The predicted molar refractivity (Wildman–Crippen MR) is 86.1 cm³/mol. The summed E-state index contributed by atoms with van der Waals surface area (Å²) in [5.41, 5.74) is 4.07. The molecule has 0 saturated heterocycles. The van der Waals surface area contributed by atoms with Gasteiger partial charge in [0.25, 0.3) is 0 Å². The molecule has 21 heavy (non-hydrogen) atoms. The summed E-state index contributed by atoms with van der Waals surface area (Å²) in [6, 6.07) is 10.8. The third-order valence-corrected chi connectivity index (χ3v) is 5.47. The van der Waals surface area contributed by atoms with Gasteiger partial charge in [0.1, 0.15) is 0 Å². The Morgan fingerprint density at radius 2 is 2.14 bits per heavy atom. The molecule has 0 amide bonds. The number of hydrogen-bond acceptors (Lipinski definition) is 2. The maximum atomic E-state index is 10.6. The molecular weight excluding hydrogens is 326 g/mol. The van der Waals surface area contributed by atoms with Gasteiger partial charge >= 0.3 is 0 Å². The highest BCUT2D eigenvalue weighted by molar-refractivity contribution is 9.10. The van der Waals surface area contributed by atoms with Crippen LogP contribution in [0.1, 0.15) is 29.0 Å². The van der Waals surface area contributed by atoms with Crippen molar-refractivity contribution in [3.05, 3.63) is 63.9 Å². The predicted octanol–water partition coefficient (Wildman–Crippen LogP) is 3.72. The van der Waals surface area contributed by atoms with Gasteiger partial charge in [0, 0.05) is 23.3 Å². The van der Waals surface area contributed by atoms with Crippen molar-refractivity contribution < 1.29 is 5.11 Å². The summed E-state index contributed by atoms with van der Waals surface area (Å²) in [5.74, 6) is 1.67. The largest absolute Gasteiger partial charge is 0.392 e. The van der Waals surface area contributed by atoms with E-state index < -0.39 is 0 Å². The first-order valence-electron chi connectivity index (χ1n) is 7.59. The van der Waals surface area contributed by atoms with Gasteiger partial charge in [0.2, 0.25) is 0 Å². The van der Waals surface area contributed by atoms with Gasteiger partial charge in [0.05, 0.1) is 6.10 Å². The maximum absolute atomic E-state index is 10.6. The fourth-order valence-corrected chi connectivity index (χ4v) is 4.50. The number of pyridine rings is 1. The number of aliphatic hydroxyl groups excluding tert-OH is 1. The molecule has 2 aliphatic rings. The Hall–Kier alpha value is -1.19. The quantitative estimate of drug-likeness (QED) is 0.921. The molecule has 3 heteroatoms. The van der Waals surface area contributed by atoms with E-state index in [0.717, 1.165) is 10.0 Å². The van der Waals surface area contributed by atoms with Crippen molar-refractivity contribution in [3.63, 3.8) is 0 Å². The van der Waals surface area contributed by atoms with Crippen LogP contribution in [0.3, 0.4) is 0 Å². The zero-order valence-electron chi connectivity index (χ0n) is 11.7. The highest BCUT2D eigenvalue weighted by Gasteiger charge is 2.55. The molecule has 1 N–H and O–H groups in total. The van der Waals surface area contributed by atoms with Crippen LogP contribution in [0.4, 0.5) is 0 Å². The first-order chi connectivity index (χ1) is 10.2. The van der Waals surface area contributed by atoms with Gasteiger partial charge in [-0.1, -0.05) is 24.3 Å². The third kappa shape index (κ3) is 2.43. The second-order valence-corrected chi connectivity index (χ2v) is 7.20. The zero-order chi connectivity index (χ0) is 14.4. The Labute approximate surface area is 133 Å². The van der Waals surface area contributed by atoms with Crippen LogP contribution < -0.4 is 0 Å². The molecule has 4 atom stereocenters. The van der Waals surface area contributed by atoms with Crippen LogP contribution >= 0.6 is 15.9 Å². The summed E-state index contributed by atoms with van der Waals surface area (Å²) < 4.78 is 0.978. The van der Waals surface area contributed by atoms with Crippen LogP contribution in [0, 0.1) is 11.8 Å². The first kappa shape index (κ1) is 13.5. The number of aromatic nitrogens is 1. The number of fused-ring (bicyclic) bond motifs is 3. The van der Waals surface area contributed by atoms with Gasteiger partial charge in [-0.3, -0.25) is 4.98 Å². The van der Waals surface area contributed by atoms with Crippen molar-refractivity contribution in [3.8, 4) is 0 Å². The normalized spacial score (nSPS) is 27.6. The Bertz CT molecular complexity index is 672. The van der Waals surface area contributed by atoms with Crippen LogP contribution in [-0.2, 0) is 12.8 Å². The Balaban J connectivity index is 1.52. The minimum absolute atomic E-state index is 0.262. The monoisotopic (exact) mass is 343 g/mol. The summed E-state index contributed by atoms with van der Waals surface area (Å²) >= 11 is 3.44. The van der Waals surface area contributed by atoms with E-state index >= 15 is 0 Å². The molecule has 2 aromatic rings. The Morgan fingerprint density at radius 1 is 1.29 bits per heavy atom. The standard InChI is InChI=1S/C18H18BrNO/c19-13-7-11(9-20-10-13)8-16(21)18-15-6-5-12-3-1-2-4-14(12)17(15)18/h1-4,7,9-10,15-18,21H,5-6,8H2. The van der Waals surface area contributed by atoms with Crippen LogP contribution in [0.25, 0.3) is 0 Å². The number of halogens is 1. The minimum atomic E-state index is -0.262. The van der Waals surface area contributed by atoms with E-state index in [4.69, 9.17) is 0 Å². The topological polar surface area (TPSA) is 33.1 Å². The smallest absolute Gasteiger partial charge is 0.0618 e. The van der Waals surface area contributed by atoms with E-state index in [1.54, 1.807) is 6.20 Å². The molecule has 0 radical (unpaired) electrons. The molecule has 1 aromatic heterocycles. The number of nitrogens with zero attached hydrogens (tertiary/aromatic N) is 1. The zero-order valence-corrected chi connectivity index (χ0v) is 13.3. The van der Waals surface area contributed by atoms with Gasteiger partial charge in [0.15, 0.2) is 0 Å². The lowest BCUT2D eigenvalue weighted by Crippen LogP contribution is -2.15. The molecule has 0 aliphatic heterocycles. The molecule has 108 valence electrons. The molecule has 1 aromatic carbocycles. The van der Waals surface area contributed by atoms with Crippen molar-refractivity contribution >= 4 is 15.9 Å². The van der Waals surface area contributed by atoms with E-state index in [2.05, 4.69) is 51.2 Å². The lowest BCUT2D eigenvalue weighted by Gasteiger charge is -2.13. The van der Waals surface area contributed by atoms with Crippen molar-refractivity contribution in [1.29, 1.82) is 0 Å². The van der Waals surface area contributed by atoms with Gasteiger partial charge in [-0.2, -0.15) is 0 Å². The summed E-state index contributed by atoms with van der Waals surface area (Å²) in [4.78, 5) is 4.19. The van der Waals surface area contributed by atoms with Gasteiger partial charge < -0.3 is 5.11 Å². The number of aryl methyl sites for hydroxylation is 1. The minimum Gasteiger partial charge on any atom is -0.392 e. The fourth-order valence-electron chi connectivity index (χ4n) is 4.09. The third-order valence-electron chi connectivity index (χ3n) is 5.04. The van der Waals surface area contributed by atoms with Gasteiger partial charge in [-0.25, -0.2) is 0 Å². The Morgan fingerprint density at radius 3 is 3.00 bits per heavy atom. The SMILES string of the molecule is OC(Cc1cncc(Br)c1)C1C2CCc3ccccc3C21. The summed E-state index contributed by atoms with van der Waals surface area (Å²) in [6.45, 7) is 0. The van der Waals surface area contributed by atoms with Gasteiger partial charge in [-0.15, -0.1) is 0 Å². The molecule has 0 spiro atoms. The van der Waals surface area contributed by atoms with E-state index in [1.165, 1.54) is 24.0 Å². The van der Waals surface area contributed by atoms with Crippen LogP contribution in [0.2, 0.25) is 0 Å². The van der Waals surface area contributed by atoms with E-state index in [0.29, 0.717) is 24.2 Å². The maximum Gasteiger partial charge on any atom is 0.0618 e. The van der Waals surface area contributed by atoms with Crippen LogP contribution in [-0.4, -0.2) is 16.2 Å². The molecule has 4 rings (SSSR count). The van der Waals surface area contributed by atoms with Crippen molar-refractivity contribution in [2.24, 2.45) is 11.8 Å². The summed E-state index contributed by atoms with van der Waals surface area (Å²) in [6.07, 6.45) is 6.46. The van der Waals surface area contributed by atoms with Gasteiger partial charge in [-0.05, 0) is 69.3 Å².